The van der Waals surface area contributed by atoms with Gasteiger partial charge in [0.05, 0.1) is 10.7 Å². The molecule has 1 fully saturated rings. The first-order chi connectivity index (χ1) is 13.2. The van der Waals surface area contributed by atoms with Gasteiger partial charge in [0.15, 0.2) is 11.5 Å². The molecule has 0 radical (unpaired) electrons. The van der Waals surface area contributed by atoms with Gasteiger partial charge in [-0.15, -0.1) is 14.8 Å². The Hall–Kier alpha value is -2.78. The fraction of sp³-hybridized carbons (Fsp3) is 0.353. The number of tetrazole rings is 1. The molecular formula is C17H18ClN9. The van der Waals surface area contributed by atoms with E-state index in [1.807, 2.05) is 34.9 Å². The maximum Gasteiger partial charge on any atom is 0.200 e. The number of hydrogen-bond donors (Lipinski definition) is 0. The van der Waals surface area contributed by atoms with E-state index in [9.17, 15) is 0 Å². The van der Waals surface area contributed by atoms with Crippen molar-refractivity contribution in [3.05, 3.63) is 47.4 Å². The number of hydrogen-bond acceptors (Lipinski definition) is 7. The third kappa shape index (κ3) is 3.31. The SMILES string of the molecule is Clc1ccc2nc(CN3CCCN(c4ccc5nnnn5n4)CC3)cn2c1. The second-order valence-electron chi connectivity index (χ2n) is 6.68. The van der Waals surface area contributed by atoms with Gasteiger partial charge in [-0.2, -0.15) is 0 Å². The molecule has 0 aromatic carbocycles. The van der Waals surface area contributed by atoms with Crippen LogP contribution in [-0.4, -0.2) is 65.7 Å². The predicted octanol–water partition coefficient (Wildman–Crippen LogP) is 1.53. The molecule has 1 aliphatic heterocycles. The summed E-state index contributed by atoms with van der Waals surface area (Å²) in [7, 11) is 0. The van der Waals surface area contributed by atoms with Crippen LogP contribution < -0.4 is 4.90 Å². The Bertz CT molecular complexity index is 1090. The minimum atomic E-state index is 0.655. The standard InChI is InChI=1S/C17H18ClN9/c18-13-2-3-15-19-14(12-26(15)10-13)11-24-6-1-7-25(9-8-24)17-5-4-16-20-22-23-27(16)21-17/h2-5,10,12H,1,6-9,11H2. The minimum absolute atomic E-state index is 0.655. The number of rotatable bonds is 3. The molecule has 9 nitrogen and oxygen atoms in total. The normalized spacial score (nSPS) is 16.3. The van der Waals surface area contributed by atoms with Crippen molar-refractivity contribution in [3.8, 4) is 0 Å². The topological polar surface area (TPSA) is 79.8 Å². The van der Waals surface area contributed by atoms with Gasteiger partial charge in [-0.3, -0.25) is 4.90 Å². The second kappa shape index (κ2) is 6.75. The minimum Gasteiger partial charge on any atom is -0.354 e. The average molecular weight is 384 g/mol. The van der Waals surface area contributed by atoms with Crippen molar-refractivity contribution in [2.75, 3.05) is 31.1 Å². The van der Waals surface area contributed by atoms with E-state index in [2.05, 4.69) is 36.6 Å². The quantitative estimate of drug-likeness (QED) is 0.530. The molecule has 0 saturated carbocycles. The summed E-state index contributed by atoms with van der Waals surface area (Å²) in [6.45, 7) is 4.66. The van der Waals surface area contributed by atoms with Crippen LogP contribution in [0.5, 0.6) is 0 Å². The van der Waals surface area contributed by atoms with E-state index in [1.165, 1.54) is 4.63 Å². The van der Waals surface area contributed by atoms with Gasteiger partial charge in [-0.05, 0) is 41.1 Å². The van der Waals surface area contributed by atoms with Crippen molar-refractivity contribution in [1.82, 2.24) is 39.5 Å². The molecule has 0 aliphatic carbocycles. The van der Waals surface area contributed by atoms with Crippen LogP contribution in [0, 0.1) is 0 Å². The molecule has 1 aliphatic rings. The molecule has 138 valence electrons. The fourth-order valence-electron chi connectivity index (χ4n) is 3.49. The number of pyridine rings is 1. The fourth-order valence-corrected chi connectivity index (χ4v) is 3.66. The van der Waals surface area contributed by atoms with Crippen LogP contribution >= 0.6 is 11.6 Å². The third-order valence-electron chi connectivity index (χ3n) is 4.82. The maximum absolute atomic E-state index is 6.06. The summed E-state index contributed by atoms with van der Waals surface area (Å²) in [5.41, 5.74) is 2.63. The summed E-state index contributed by atoms with van der Waals surface area (Å²) >= 11 is 6.06. The zero-order valence-corrected chi connectivity index (χ0v) is 15.4. The highest BCUT2D eigenvalue weighted by Gasteiger charge is 2.18. The van der Waals surface area contributed by atoms with E-state index in [0.29, 0.717) is 10.7 Å². The van der Waals surface area contributed by atoms with Gasteiger partial charge in [0, 0.05) is 45.1 Å². The van der Waals surface area contributed by atoms with Crippen molar-refractivity contribution < 1.29 is 0 Å². The van der Waals surface area contributed by atoms with Crippen molar-refractivity contribution >= 4 is 28.7 Å². The summed E-state index contributed by atoms with van der Waals surface area (Å²) in [4.78, 5) is 9.41. The molecule has 5 rings (SSSR count). The van der Waals surface area contributed by atoms with E-state index in [-0.39, 0.29) is 0 Å². The first kappa shape index (κ1) is 16.4. The van der Waals surface area contributed by atoms with Crippen LogP contribution in [0.3, 0.4) is 0 Å². The predicted molar refractivity (Wildman–Crippen MR) is 101 cm³/mol. The van der Waals surface area contributed by atoms with Crippen molar-refractivity contribution in [1.29, 1.82) is 0 Å². The third-order valence-corrected chi connectivity index (χ3v) is 5.04. The lowest BCUT2D eigenvalue weighted by Crippen LogP contribution is -2.31. The summed E-state index contributed by atoms with van der Waals surface area (Å²) < 4.78 is 3.45. The van der Waals surface area contributed by atoms with Gasteiger partial charge in [0.25, 0.3) is 0 Å². The summed E-state index contributed by atoms with van der Waals surface area (Å²) in [5.74, 6) is 0.902. The Balaban J connectivity index is 1.28. The van der Waals surface area contributed by atoms with Gasteiger partial charge in [-0.1, -0.05) is 11.6 Å². The molecule has 0 unspecified atom stereocenters. The molecule has 0 spiro atoms. The van der Waals surface area contributed by atoms with Crippen LogP contribution in [0.15, 0.2) is 36.7 Å². The first-order valence-corrected chi connectivity index (χ1v) is 9.28. The Labute approximate surface area is 160 Å². The highest BCUT2D eigenvalue weighted by Crippen LogP contribution is 2.16. The summed E-state index contributed by atoms with van der Waals surface area (Å²) in [6, 6.07) is 7.68. The van der Waals surface area contributed by atoms with E-state index in [0.717, 1.165) is 56.3 Å². The lowest BCUT2D eigenvalue weighted by molar-refractivity contribution is 0.282. The molecular weight excluding hydrogens is 366 g/mol. The van der Waals surface area contributed by atoms with Crippen molar-refractivity contribution in [3.63, 3.8) is 0 Å². The van der Waals surface area contributed by atoms with Gasteiger partial charge in [0.2, 0.25) is 0 Å². The maximum atomic E-state index is 6.06. The Kier molecular flexibility index (Phi) is 4.10. The van der Waals surface area contributed by atoms with Crippen LogP contribution in [0.2, 0.25) is 5.02 Å². The van der Waals surface area contributed by atoms with Gasteiger partial charge >= 0.3 is 0 Å². The molecule has 4 aromatic heterocycles. The Morgan fingerprint density at radius 2 is 1.89 bits per heavy atom. The zero-order chi connectivity index (χ0) is 18.2. The van der Waals surface area contributed by atoms with Gasteiger partial charge in [0.1, 0.15) is 5.65 Å². The smallest absolute Gasteiger partial charge is 0.200 e. The van der Waals surface area contributed by atoms with Crippen LogP contribution in [0.25, 0.3) is 11.3 Å². The molecule has 0 atom stereocenters. The highest BCUT2D eigenvalue weighted by molar-refractivity contribution is 6.30. The second-order valence-corrected chi connectivity index (χ2v) is 7.12. The van der Waals surface area contributed by atoms with Crippen molar-refractivity contribution in [2.24, 2.45) is 0 Å². The number of nitrogens with zero attached hydrogens (tertiary/aromatic N) is 9. The van der Waals surface area contributed by atoms with E-state index in [1.54, 1.807) is 0 Å². The number of aromatic nitrogens is 7. The molecule has 0 bridgehead atoms. The van der Waals surface area contributed by atoms with Gasteiger partial charge < -0.3 is 9.30 Å². The van der Waals surface area contributed by atoms with Crippen LogP contribution in [0.4, 0.5) is 5.82 Å². The molecule has 27 heavy (non-hydrogen) atoms. The van der Waals surface area contributed by atoms with Crippen LogP contribution in [0.1, 0.15) is 12.1 Å². The number of anilines is 1. The zero-order valence-electron chi connectivity index (χ0n) is 14.6. The lowest BCUT2D eigenvalue weighted by Gasteiger charge is -2.22. The number of fused-ring (bicyclic) bond motifs is 2. The Morgan fingerprint density at radius 3 is 2.85 bits per heavy atom. The number of halogens is 1. The summed E-state index contributed by atoms with van der Waals surface area (Å²) in [6.07, 6.45) is 5.00. The molecule has 4 aromatic rings. The molecule has 0 amide bonds. The monoisotopic (exact) mass is 383 g/mol. The van der Waals surface area contributed by atoms with Crippen LogP contribution in [-0.2, 0) is 6.54 Å². The Morgan fingerprint density at radius 1 is 0.963 bits per heavy atom. The van der Waals surface area contributed by atoms with Gasteiger partial charge in [-0.25, -0.2) is 4.98 Å². The lowest BCUT2D eigenvalue weighted by atomic mass is 10.3. The van der Waals surface area contributed by atoms with E-state index in [4.69, 9.17) is 16.6 Å². The largest absolute Gasteiger partial charge is 0.354 e. The van der Waals surface area contributed by atoms with Crippen molar-refractivity contribution in [2.45, 2.75) is 13.0 Å². The average Bonchev–Trinajstić information content (AvgIpc) is 3.22. The van der Waals surface area contributed by atoms with E-state index >= 15 is 0 Å². The summed E-state index contributed by atoms with van der Waals surface area (Å²) in [5, 5.41) is 16.6. The molecule has 10 heteroatoms. The molecule has 0 N–H and O–H groups in total. The first-order valence-electron chi connectivity index (χ1n) is 8.90. The molecule has 5 heterocycles. The number of imidazole rings is 1. The van der Waals surface area contributed by atoms with E-state index < -0.39 is 0 Å². The highest BCUT2D eigenvalue weighted by atomic mass is 35.5. The molecule has 1 saturated heterocycles.